The summed E-state index contributed by atoms with van der Waals surface area (Å²) in [5.41, 5.74) is 5.50. The first-order valence-electron chi connectivity index (χ1n) is 10.1. The quantitative estimate of drug-likeness (QED) is 0.463. The number of aromatic amines is 1. The van der Waals surface area contributed by atoms with Crippen molar-refractivity contribution in [3.8, 4) is 0 Å². The number of methoxy groups -OCH3 is 1. The van der Waals surface area contributed by atoms with Crippen LogP contribution in [0.15, 0.2) is 48.7 Å². The highest BCUT2D eigenvalue weighted by Gasteiger charge is 2.41. The number of hydrogen-bond acceptors (Lipinski definition) is 4. The molecule has 0 saturated carbocycles. The van der Waals surface area contributed by atoms with Gasteiger partial charge in [-0.2, -0.15) is 0 Å². The second-order valence-electron chi connectivity index (χ2n) is 7.67. The van der Waals surface area contributed by atoms with E-state index in [1.807, 2.05) is 31.2 Å². The van der Waals surface area contributed by atoms with Crippen LogP contribution in [0.3, 0.4) is 0 Å². The Bertz CT molecular complexity index is 1150. The van der Waals surface area contributed by atoms with Gasteiger partial charge in [-0.1, -0.05) is 17.7 Å². The summed E-state index contributed by atoms with van der Waals surface area (Å²) in [6.07, 6.45) is 1.78. The van der Waals surface area contributed by atoms with Crippen molar-refractivity contribution in [2.75, 3.05) is 23.9 Å². The summed E-state index contributed by atoms with van der Waals surface area (Å²) in [6.45, 7) is 4.04. The van der Waals surface area contributed by atoms with Crippen LogP contribution in [0.4, 0.5) is 11.4 Å². The average molecular weight is 470 g/mol. The molecule has 2 atom stereocenters. The van der Waals surface area contributed by atoms with Crippen molar-refractivity contribution in [1.82, 2.24) is 15.3 Å². The molecule has 3 aromatic rings. The van der Waals surface area contributed by atoms with Crippen LogP contribution in [0, 0.1) is 13.8 Å². The van der Waals surface area contributed by atoms with Gasteiger partial charge in [0.15, 0.2) is 5.11 Å². The predicted molar refractivity (Wildman–Crippen MR) is 130 cm³/mol. The van der Waals surface area contributed by atoms with Gasteiger partial charge in [0.1, 0.15) is 6.61 Å². The molecule has 0 unspecified atom stereocenters. The number of rotatable bonds is 6. The number of aromatic nitrogens is 2. The van der Waals surface area contributed by atoms with Crippen LogP contribution in [0.5, 0.6) is 0 Å². The molecule has 0 radical (unpaired) electrons. The van der Waals surface area contributed by atoms with E-state index >= 15 is 0 Å². The van der Waals surface area contributed by atoms with Crippen molar-refractivity contribution in [3.63, 3.8) is 0 Å². The monoisotopic (exact) mass is 469 g/mol. The first-order valence-corrected chi connectivity index (χ1v) is 10.9. The van der Waals surface area contributed by atoms with E-state index in [1.54, 1.807) is 18.3 Å². The van der Waals surface area contributed by atoms with E-state index in [0.717, 1.165) is 28.3 Å². The van der Waals surface area contributed by atoms with E-state index in [2.05, 4.69) is 38.5 Å². The number of thiocarbonyl (C=S) groups is 1. The second-order valence-corrected chi connectivity index (χ2v) is 8.47. The molecule has 4 rings (SSSR count). The Balaban J connectivity index is 1.74. The molecule has 1 amide bonds. The Morgan fingerprint density at radius 1 is 1.28 bits per heavy atom. The molecular weight excluding hydrogens is 446 g/mol. The third-order valence-electron chi connectivity index (χ3n) is 5.39. The number of nitrogens with zero attached hydrogens (tertiary/aromatic N) is 2. The molecule has 1 fully saturated rings. The molecular formula is C23H24ClN5O2S. The molecule has 2 aromatic heterocycles. The number of anilines is 2. The largest absolute Gasteiger partial charge is 0.375 e. The lowest BCUT2D eigenvalue weighted by molar-refractivity contribution is -0.119. The zero-order valence-corrected chi connectivity index (χ0v) is 19.6. The van der Waals surface area contributed by atoms with E-state index in [1.165, 1.54) is 7.11 Å². The number of amides is 1. The molecule has 7 nitrogen and oxygen atoms in total. The summed E-state index contributed by atoms with van der Waals surface area (Å²) in [5, 5.41) is 7.18. The van der Waals surface area contributed by atoms with Crippen molar-refractivity contribution < 1.29 is 9.53 Å². The standard InChI is InChI=1S/C23H24ClN5O2S/c1-13-10-16(14(2)26-13)22-21(19-6-4-5-9-25-19)28-23(32)29(22)15-7-8-18(17(24)11-15)27-20(30)12-31-3/h4-11,21-22,26H,12H2,1-3H3,(H,27,30)(H,28,32)/t21-,22+/m1/s1. The zero-order valence-electron chi connectivity index (χ0n) is 18.0. The number of ether oxygens (including phenoxy) is 1. The van der Waals surface area contributed by atoms with Crippen LogP contribution < -0.4 is 15.5 Å². The van der Waals surface area contributed by atoms with Gasteiger partial charge in [-0.25, -0.2) is 0 Å². The number of benzene rings is 1. The smallest absolute Gasteiger partial charge is 0.250 e. The molecule has 1 saturated heterocycles. The minimum absolute atomic E-state index is 0.0435. The van der Waals surface area contributed by atoms with Crippen molar-refractivity contribution in [2.45, 2.75) is 25.9 Å². The lowest BCUT2D eigenvalue weighted by atomic mass is 9.96. The van der Waals surface area contributed by atoms with E-state index in [4.69, 9.17) is 28.6 Å². The Morgan fingerprint density at radius 3 is 2.72 bits per heavy atom. The molecule has 1 aliphatic heterocycles. The second kappa shape index (κ2) is 9.28. The van der Waals surface area contributed by atoms with E-state index < -0.39 is 0 Å². The van der Waals surface area contributed by atoms with E-state index in [-0.39, 0.29) is 24.6 Å². The minimum Gasteiger partial charge on any atom is -0.375 e. The number of aryl methyl sites for hydroxylation is 2. The summed E-state index contributed by atoms with van der Waals surface area (Å²) in [6, 6.07) is 13.2. The maximum absolute atomic E-state index is 11.9. The van der Waals surface area contributed by atoms with Gasteiger partial charge < -0.3 is 25.3 Å². The zero-order chi connectivity index (χ0) is 22.8. The van der Waals surface area contributed by atoms with Crippen molar-refractivity contribution in [2.24, 2.45) is 0 Å². The number of hydrogen-bond donors (Lipinski definition) is 3. The van der Waals surface area contributed by atoms with Crippen LogP contribution in [0.1, 0.15) is 34.7 Å². The molecule has 0 aliphatic carbocycles. The Hall–Kier alpha value is -2.94. The maximum atomic E-state index is 11.9. The van der Waals surface area contributed by atoms with Gasteiger partial charge in [0.05, 0.1) is 28.5 Å². The lowest BCUT2D eigenvalue weighted by Crippen LogP contribution is -2.29. The number of carbonyl (C=O) groups excluding carboxylic acids is 1. The van der Waals surface area contributed by atoms with E-state index in [0.29, 0.717) is 15.8 Å². The summed E-state index contributed by atoms with van der Waals surface area (Å²) in [5.74, 6) is -0.271. The minimum atomic E-state index is -0.271. The predicted octanol–water partition coefficient (Wildman–Crippen LogP) is 4.44. The van der Waals surface area contributed by atoms with Gasteiger partial charge in [-0.15, -0.1) is 0 Å². The molecule has 32 heavy (non-hydrogen) atoms. The number of nitrogens with one attached hydrogen (secondary N) is 3. The molecule has 0 bridgehead atoms. The van der Waals surface area contributed by atoms with Gasteiger partial charge in [0.25, 0.3) is 0 Å². The normalized spacial score (nSPS) is 18.0. The number of H-pyrrole nitrogens is 1. The lowest BCUT2D eigenvalue weighted by Gasteiger charge is -2.28. The Morgan fingerprint density at radius 2 is 2.09 bits per heavy atom. The summed E-state index contributed by atoms with van der Waals surface area (Å²) in [4.78, 5) is 21.9. The highest BCUT2D eigenvalue weighted by atomic mass is 35.5. The number of halogens is 1. The number of pyridine rings is 1. The highest BCUT2D eigenvalue weighted by molar-refractivity contribution is 7.80. The van der Waals surface area contributed by atoms with Crippen molar-refractivity contribution in [1.29, 1.82) is 0 Å². The summed E-state index contributed by atoms with van der Waals surface area (Å²) >= 11 is 12.3. The molecule has 1 aliphatic rings. The van der Waals surface area contributed by atoms with E-state index in [9.17, 15) is 4.79 Å². The average Bonchev–Trinajstić information content (AvgIpc) is 3.28. The molecule has 1 aromatic carbocycles. The first-order chi connectivity index (χ1) is 15.4. The third kappa shape index (κ3) is 4.34. The Labute approximate surface area is 197 Å². The third-order valence-corrected chi connectivity index (χ3v) is 6.01. The number of carbonyl (C=O) groups is 1. The van der Waals surface area contributed by atoms with Crippen LogP contribution in [0.25, 0.3) is 0 Å². The van der Waals surface area contributed by atoms with Crippen LogP contribution >= 0.6 is 23.8 Å². The van der Waals surface area contributed by atoms with Gasteiger partial charge in [0.2, 0.25) is 5.91 Å². The van der Waals surface area contributed by atoms with Gasteiger partial charge in [-0.3, -0.25) is 9.78 Å². The van der Waals surface area contributed by atoms with Gasteiger partial charge in [-0.05, 0) is 68.0 Å². The van der Waals surface area contributed by atoms with Crippen molar-refractivity contribution in [3.05, 3.63) is 76.3 Å². The van der Waals surface area contributed by atoms with Gasteiger partial charge >= 0.3 is 0 Å². The fourth-order valence-electron chi connectivity index (χ4n) is 4.07. The first kappa shape index (κ1) is 22.3. The van der Waals surface area contributed by atoms with Crippen LogP contribution in [-0.4, -0.2) is 34.7 Å². The summed E-state index contributed by atoms with van der Waals surface area (Å²) in [7, 11) is 1.47. The highest BCUT2D eigenvalue weighted by Crippen LogP contribution is 2.43. The molecule has 3 heterocycles. The van der Waals surface area contributed by atoms with Gasteiger partial charge in [0, 0.05) is 30.4 Å². The molecule has 0 spiro atoms. The molecule has 9 heteroatoms. The maximum Gasteiger partial charge on any atom is 0.250 e. The summed E-state index contributed by atoms with van der Waals surface area (Å²) < 4.78 is 4.87. The molecule has 166 valence electrons. The van der Waals surface area contributed by atoms with Crippen LogP contribution in [0.2, 0.25) is 5.02 Å². The van der Waals surface area contributed by atoms with Crippen LogP contribution in [-0.2, 0) is 9.53 Å². The Kier molecular flexibility index (Phi) is 6.45. The fourth-order valence-corrected chi connectivity index (χ4v) is 4.64. The fraction of sp³-hybridized carbons (Fsp3) is 0.261. The SMILES string of the molecule is COCC(=O)Nc1ccc(N2C(=S)N[C@H](c3ccccn3)[C@@H]2c2cc(C)[nH]c2C)cc1Cl. The topological polar surface area (TPSA) is 82.3 Å². The van der Waals surface area contributed by atoms with Crippen molar-refractivity contribution >= 4 is 46.2 Å². The molecule has 3 N–H and O–H groups in total.